The molecule has 0 aromatic carbocycles. The molecule has 1 saturated heterocycles. The highest BCUT2D eigenvalue weighted by Crippen LogP contribution is 2.47. The number of nitrogens with zero attached hydrogens (tertiary/aromatic N) is 1. The van der Waals surface area contributed by atoms with E-state index in [4.69, 9.17) is 5.11 Å². The summed E-state index contributed by atoms with van der Waals surface area (Å²) in [4.78, 5) is 24.5. The topological polar surface area (TPSA) is 57.6 Å². The lowest BCUT2D eigenvalue weighted by Crippen LogP contribution is -2.29. The normalized spacial score (nSPS) is 27.3. The minimum atomic E-state index is -0.895. The molecule has 1 unspecified atom stereocenters. The third kappa shape index (κ3) is 1.29. The van der Waals surface area contributed by atoms with Gasteiger partial charge in [0.25, 0.3) is 0 Å². The van der Waals surface area contributed by atoms with Crippen LogP contribution in [0.5, 0.6) is 0 Å². The van der Waals surface area contributed by atoms with E-state index in [0.29, 0.717) is 12.0 Å². The molecule has 1 amide bonds. The molecular formula is C12H15NO3. The van der Waals surface area contributed by atoms with Crippen molar-refractivity contribution < 1.29 is 14.7 Å². The molecule has 1 atom stereocenters. The molecule has 0 aromatic heterocycles. The summed E-state index contributed by atoms with van der Waals surface area (Å²) in [6, 6.07) is 0. The van der Waals surface area contributed by atoms with Crippen molar-refractivity contribution >= 4 is 11.9 Å². The lowest BCUT2D eigenvalue weighted by atomic mass is 9.75. The number of carbonyl (C=O) groups is 2. The van der Waals surface area contributed by atoms with Crippen LogP contribution in [0.2, 0.25) is 0 Å². The van der Waals surface area contributed by atoms with Gasteiger partial charge >= 0.3 is 5.97 Å². The van der Waals surface area contributed by atoms with Gasteiger partial charge in [-0.1, -0.05) is 19.9 Å². The first kappa shape index (κ1) is 10.9. The Labute approximate surface area is 94.2 Å². The van der Waals surface area contributed by atoms with Gasteiger partial charge in [0.1, 0.15) is 0 Å². The second-order valence-electron chi connectivity index (χ2n) is 4.93. The summed E-state index contributed by atoms with van der Waals surface area (Å²) in [6.07, 6.45) is 3.79. The number of aliphatic carboxylic acids is 1. The van der Waals surface area contributed by atoms with E-state index in [1.165, 1.54) is 0 Å². The van der Waals surface area contributed by atoms with E-state index in [0.717, 1.165) is 5.70 Å². The van der Waals surface area contributed by atoms with Crippen molar-refractivity contribution in [1.29, 1.82) is 0 Å². The quantitative estimate of drug-likeness (QED) is 0.728. The number of carbonyl (C=O) groups excluding carboxylic acids is 1. The summed E-state index contributed by atoms with van der Waals surface area (Å²) >= 11 is 0. The first-order valence-electron chi connectivity index (χ1n) is 5.28. The fourth-order valence-corrected chi connectivity index (χ4v) is 2.52. The highest BCUT2D eigenvalue weighted by molar-refractivity contribution is 5.91. The van der Waals surface area contributed by atoms with Crippen LogP contribution in [0.1, 0.15) is 20.3 Å². The number of allylic oxidation sites excluding steroid dienone is 3. The van der Waals surface area contributed by atoms with E-state index >= 15 is 0 Å². The highest BCUT2D eigenvalue weighted by atomic mass is 16.4. The molecule has 1 fully saturated rings. The summed E-state index contributed by atoms with van der Waals surface area (Å²) in [6.45, 7) is 3.75. The molecule has 4 nitrogen and oxygen atoms in total. The van der Waals surface area contributed by atoms with Gasteiger partial charge in [0.2, 0.25) is 5.91 Å². The predicted molar refractivity (Wildman–Crippen MR) is 58.5 cm³/mol. The standard InChI is InChI=1S/C12H15NO3/c1-12(2)8-6-7(10(14)15)4-5-9(8)13(3)11(12)16/h4-5,8H,6H2,1-3H3,(H,14,15). The molecule has 4 heteroatoms. The van der Waals surface area contributed by atoms with E-state index in [2.05, 4.69) is 0 Å². The maximum Gasteiger partial charge on any atom is 0.331 e. The zero-order chi connectivity index (χ0) is 12.1. The maximum absolute atomic E-state index is 12.0. The minimum absolute atomic E-state index is 0.0129. The zero-order valence-electron chi connectivity index (χ0n) is 9.65. The molecule has 1 aliphatic carbocycles. The van der Waals surface area contributed by atoms with Crippen molar-refractivity contribution in [3.05, 3.63) is 23.4 Å². The van der Waals surface area contributed by atoms with Crippen LogP contribution < -0.4 is 0 Å². The number of fused-ring (bicyclic) bond motifs is 1. The van der Waals surface area contributed by atoms with Crippen molar-refractivity contribution in [3.63, 3.8) is 0 Å². The van der Waals surface area contributed by atoms with E-state index in [9.17, 15) is 9.59 Å². The predicted octanol–water partition coefficient (Wildman–Crippen LogP) is 1.40. The molecule has 2 aliphatic rings. The lowest BCUT2D eigenvalue weighted by molar-refractivity contribution is -0.135. The average molecular weight is 221 g/mol. The Hall–Kier alpha value is -1.58. The number of hydrogen-bond acceptors (Lipinski definition) is 2. The minimum Gasteiger partial charge on any atom is -0.478 e. The van der Waals surface area contributed by atoms with Gasteiger partial charge in [0, 0.05) is 24.2 Å². The van der Waals surface area contributed by atoms with Crippen molar-refractivity contribution in [2.24, 2.45) is 11.3 Å². The molecule has 0 spiro atoms. The van der Waals surface area contributed by atoms with Gasteiger partial charge in [-0.3, -0.25) is 4.79 Å². The molecule has 1 aliphatic heterocycles. The molecule has 0 saturated carbocycles. The van der Waals surface area contributed by atoms with Crippen LogP contribution in [0.15, 0.2) is 23.4 Å². The van der Waals surface area contributed by atoms with E-state index in [1.54, 1.807) is 24.1 Å². The summed E-state index contributed by atoms with van der Waals surface area (Å²) in [5.41, 5.74) is 0.806. The largest absolute Gasteiger partial charge is 0.478 e. The molecule has 0 aromatic rings. The number of carboxylic acids is 1. The van der Waals surface area contributed by atoms with Crippen molar-refractivity contribution in [2.45, 2.75) is 20.3 Å². The van der Waals surface area contributed by atoms with Crippen LogP contribution >= 0.6 is 0 Å². The summed E-state index contributed by atoms with van der Waals surface area (Å²) in [5.74, 6) is -0.849. The first-order chi connectivity index (χ1) is 7.35. The van der Waals surface area contributed by atoms with Crippen LogP contribution in [0, 0.1) is 11.3 Å². The molecule has 0 bridgehead atoms. The number of hydrogen-bond donors (Lipinski definition) is 1. The van der Waals surface area contributed by atoms with Gasteiger partial charge < -0.3 is 10.0 Å². The fraction of sp³-hybridized carbons (Fsp3) is 0.500. The maximum atomic E-state index is 12.0. The summed E-state index contributed by atoms with van der Waals surface area (Å²) < 4.78 is 0. The molecule has 0 radical (unpaired) electrons. The van der Waals surface area contributed by atoms with Crippen molar-refractivity contribution in [2.75, 3.05) is 7.05 Å². The first-order valence-corrected chi connectivity index (χ1v) is 5.28. The van der Waals surface area contributed by atoms with Crippen molar-refractivity contribution in [3.8, 4) is 0 Å². The Bertz CT molecular complexity index is 432. The van der Waals surface area contributed by atoms with Gasteiger partial charge in [0.05, 0.1) is 5.41 Å². The molecule has 1 heterocycles. The second-order valence-corrected chi connectivity index (χ2v) is 4.93. The van der Waals surface area contributed by atoms with E-state index < -0.39 is 11.4 Å². The van der Waals surface area contributed by atoms with Crippen LogP contribution in [0.4, 0.5) is 0 Å². The van der Waals surface area contributed by atoms with Gasteiger partial charge in [-0.25, -0.2) is 4.79 Å². The average Bonchev–Trinajstić information content (AvgIpc) is 2.40. The van der Waals surface area contributed by atoms with Crippen LogP contribution in [0.3, 0.4) is 0 Å². The van der Waals surface area contributed by atoms with Crippen molar-refractivity contribution in [1.82, 2.24) is 4.90 Å². The van der Waals surface area contributed by atoms with Gasteiger partial charge in [-0.05, 0) is 12.5 Å². The number of likely N-dealkylation sites (tertiary alicyclic amines) is 1. The Morgan fingerprint density at radius 1 is 1.50 bits per heavy atom. The Kier molecular flexibility index (Phi) is 2.19. The molecular weight excluding hydrogens is 206 g/mol. The summed E-state index contributed by atoms with van der Waals surface area (Å²) in [5, 5.41) is 8.96. The Balaban J connectivity index is 2.42. The number of rotatable bonds is 1. The highest BCUT2D eigenvalue weighted by Gasteiger charge is 2.50. The zero-order valence-corrected chi connectivity index (χ0v) is 9.65. The van der Waals surface area contributed by atoms with E-state index in [1.807, 2.05) is 13.8 Å². The van der Waals surface area contributed by atoms with Crippen LogP contribution in [-0.2, 0) is 9.59 Å². The monoisotopic (exact) mass is 221 g/mol. The van der Waals surface area contributed by atoms with Crippen LogP contribution in [-0.4, -0.2) is 28.9 Å². The molecule has 16 heavy (non-hydrogen) atoms. The molecule has 86 valence electrons. The lowest BCUT2D eigenvalue weighted by Gasteiger charge is -2.25. The van der Waals surface area contributed by atoms with Gasteiger partial charge in [-0.15, -0.1) is 0 Å². The fourth-order valence-electron chi connectivity index (χ4n) is 2.52. The summed E-state index contributed by atoms with van der Waals surface area (Å²) in [7, 11) is 1.75. The molecule has 1 N–H and O–H groups in total. The second kappa shape index (κ2) is 3.20. The SMILES string of the molecule is CN1C(=O)C(C)(C)C2CC(C(=O)O)=CC=C21. The number of amides is 1. The van der Waals surface area contributed by atoms with Gasteiger partial charge in [0.15, 0.2) is 0 Å². The Morgan fingerprint density at radius 2 is 2.12 bits per heavy atom. The smallest absolute Gasteiger partial charge is 0.331 e. The third-order valence-electron chi connectivity index (χ3n) is 3.63. The van der Waals surface area contributed by atoms with Gasteiger partial charge in [-0.2, -0.15) is 0 Å². The number of carboxylic acid groups (broad SMARTS) is 1. The third-order valence-corrected chi connectivity index (χ3v) is 3.63. The van der Waals surface area contributed by atoms with E-state index in [-0.39, 0.29) is 11.8 Å². The van der Waals surface area contributed by atoms with Crippen LogP contribution in [0.25, 0.3) is 0 Å². The molecule has 2 rings (SSSR count). The Morgan fingerprint density at radius 3 is 2.69 bits per heavy atom.